The Kier molecular flexibility index (Phi) is 6.46. The Morgan fingerprint density at radius 1 is 1.19 bits per heavy atom. The van der Waals surface area contributed by atoms with Crippen molar-refractivity contribution >= 4 is 56.4 Å². The van der Waals surface area contributed by atoms with Gasteiger partial charge in [0.25, 0.3) is 5.91 Å². The van der Waals surface area contributed by atoms with Gasteiger partial charge < -0.3 is 9.30 Å². The highest BCUT2D eigenvalue weighted by Gasteiger charge is 2.13. The molecule has 3 aromatic rings. The first-order chi connectivity index (χ1) is 13.0. The fraction of sp³-hybridized carbons (Fsp3) is 0.316. The molecule has 1 amide bonds. The zero-order valence-electron chi connectivity index (χ0n) is 15.0. The summed E-state index contributed by atoms with van der Waals surface area (Å²) in [6.45, 7) is 4.19. The molecule has 0 saturated heterocycles. The molecule has 0 spiro atoms. The van der Waals surface area contributed by atoms with E-state index in [0.29, 0.717) is 15.7 Å². The number of ether oxygens (including phenoxy) is 1. The van der Waals surface area contributed by atoms with E-state index < -0.39 is 0 Å². The minimum absolute atomic E-state index is 0.0241. The van der Waals surface area contributed by atoms with Gasteiger partial charge in [0.2, 0.25) is 0 Å². The predicted molar refractivity (Wildman–Crippen MR) is 109 cm³/mol. The van der Waals surface area contributed by atoms with E-state index in [1.165, 1.54) is 28.2 Å². The maximum Gasteiger partial charge on any atom is 0.326 e. The molecule has 0 N–H and O–H groups in total. The van der Waals surface area contributed by atoms with Crippen LogP contribution in [0, 0.1) is 0 Å². The molecule has 2 heterocycles. The van der Waals surface area contributed by atoms with Crippen molar-refractivity contribution in [3.63, 3.8) is 0 Å². The van der Waals surface area contributed by atoms with Crippen molar-refractivity contribution in [2.24, 2.45) is 4.99 Å². The van der Waals surface area contributed by atoms with Gasteiger partial charge in [-0.15, -0.1) is 11.3 Å². The number of rotatable bonds is 6. The molecule has 1 aromatic carbocycles. The Morgan fingerprint density at radius 2 is 2.00 bits per heavy atom. The summed E-state index contributed by atoms with van der Waals surface area (Å²) in [6.07, 6.45) is 1.10. The fourth-order valence-electron chi connectivity index (χ4n) is 2.65. The van der Waals surface area contributed by atoms with Crippen LogP contribution >= 0.6 is 34.3 Å². The molecule has 0 aliphatic rings. The van der Waals surface area contributed by atoms with Gasteiger partial charge >= 0.3 is 5.97 Å². The molecule has 0 fully saturated rings. The lowest BCUT2D eigenvalue weighted by Crippen LogP contribution is -2.23. The number of thiazole rings is 1. The zero-order valence-corrected chi connectivity index (χ0v) is 17.4. The van der Waals surface area contributed by atoms with E-state index in [0.717, 1.165) is 21.5 Å². The number of hydrogen-bond acceptors (Lipinski definition) is 5. The monoisotopic (exact) mass is 422 g/mol. The van der Waals surface area contributed by atoms with Crippen molar-refractivity contribution in [2.45, 2.75) is 33.2 Å². The van der Waals surface area contributed by atoms with Crippen LogP contribution in [0.15, 0.2) is 35.3 Å². The van der Waals surface area contributed by atoms with Gasteiger partial charge in [-0.3, -0.25) is 9.59 Å². The standard InChI is InChI=1S/C19H19ClN2O3S2/c1-3-12-5-7-14-15(9-12)27-19(22(14)11-18(24)25-4-2)21-17(23)10-13-6-8-16(20)26-13/h5-9H,3-4,10-11H2,1-2H3. The number of halogens is 1. The van der Waals surface area contributed by atoms with Crippen LogP contribution in [0.4, 0.5) is 0 Å². The molecular formula is C19H19ClN2O3S2. The van der Waals surface area contributed by atoms with Crippen molar-refractivity contribution in [3.8, 4) is 0 Å². The quantitative estimate of drug-likeness (QED) is 0.559. The van der Waals surface area contributed by atoms with E-state index in [4.69, 9.17) is 16.3 Å². The maximum absolute atomic E-state index is 12.4. The minimum Gasteiger partial charge on any atom is -0.465 e. The van der Waals surface area contributed by atoms with Crippen molar-refractivity contribution in [2.75, 3.05) is 6.61 Å². The van der Waals surface area contributed by atoms with Gasteiger partial charge in [0.05, 0.1) is 27.6 Å². The summed E-state index contributed by atoms with van der Waals surface area (Å²) in [4.78, 5) is 30.1. The molecule has 0 atom stereocenters. The van der Waals surface area contributed by atoms with Gasteiger partial charge in [-0.25, -0.2) is 0 Å². The number of esters is 1. The van der Waals surface area contributed by atoms with Crippen LogP contribution in [0.2, 0.25) is 4.34 Å². The van der Waals surface area contributed by atoms with Crippen molar-refractivity contribution in [3.05, 3.63) is 49.9 Å². The average molecular weight is 423 g/mol. The molecule has 0 aliphatic carbocycles. The summed E-state index contributed by atoms with van der Waals surface area (Å²) in [7, 11) is 0. The number of thiophene rings is 1. The number of carbonyl (C=O) groups excluding carboxylic acids is 2. The summed E-state index contributed by atoms with van der Waals surface area (Å²) in [5.74, 6) is -0.621. The summed E-state index contributed by atoms with van der Waals surface area (Å²) in [5.41, 5.74) is 2.06. The van der Waals surface area contributed by atoms with Crippen LogP contribution in [0.1, 0.15) is 24.3 Å². The number of aryl methyl sites for hydroxylation is 1. The van der Waals surface area contributed by atoms with E-state index in [1.807, 2.05) is 18.2 Å². The number of benzene rings is 1. The summed E-state index contributed by atoms with van der Waals surface area (Å²) < 4.78 is 8.45. The lowest BCUT2D eigenvalue weighted by atomic mass is 10.2. The molecule has 2 aromatic heterocycles. The Labute approximate surface area is 169 Å². The third-order valence-electron chi connectivity index (χ3n) is 3.92. The maximum atomic E-state index is 12.4. The molecule has 0 radical (unpaired) electrons. The highest BCUT2D eigenvalue weighted by Crippen LogP contribution is 2.22. The number of carbonyl (C=O) groups is 2. The second kappa shape index (κ2) is 8.82. The second-order valence-corrected chi connectivity index (χ2v) is 8.63. The number of nitrogens with zero attached hydrogens (tertiary/aromatic N) is 2. The van der Waals surface area contributed by atoms with Crippen molar-refractivity contribution < 1.29 is 14.3 Å². The van der Waals surface area contributed by atoms with E-state index in [9.17, 15) is 9.59 Å². The van der Waals surface area contributed by atoms with Crippen LogP contribution in [0.25, 0.3) is 10.2 Å². The smallest absolute Gasteiger partial charge is 0.326 e. The molecule has 0 unspecified atom stereocenters. The van der Waals surface area contributed by atoms with E-state index in [1.54, 1.807) is 17.6 Å². The molecule has 0 saturated carbocycles. The van der Waals surface area contributed by atoms with E-state index in [-0.39, 0.29) is 24.8 Å². The van der Waals surface area contributed by atoms with Crippen LogP contribution in [-0.4, -0.2) is 23.1 Å². The van der Waals surface area contributed by atoms with Crippen molar-refractivity contribution in [1.82, 2.24) is 4.57 Å². The third kappa shape index (κ3) is 4.86. The SMILES string of the molecule is CCOC(=O)Cn1c(=NC(=O)Cc2ccc(Cl)s2)sc2cc(CC)ccc21. The second-order valence-electron chi connectivity index (χ2n) is 5.82. The van der Waals surface area contributed by atoms with Crippen molar-refractivity contribution in [1.29, 1.82) is 0 Å². The van der Waals surface area contributed by atoms with Crippen LogP contribution in [-0.2, 0) is 33.7 Å². The average Bonchev–Trinajstić information content (AvgIpc) is 3.18. The zero-order chi connectivity index (χ0) is 19.4. The van der Waals surface area contributed by atoms with Gasteiger partial charge in [-0.05, 0) is 43.2 Å². The lowest BCUT2D eigenvalue weighted by molar-refractivity contribution is -0.143. The van der Waals surface area contributed by atoms with Gasteiger partial charge in [-0.1, -0.05) is 35.9 Å². The molecule has 8 heteroatoms. The number of aromatic nitrogens is 1. The molecule has 27 heavy (non-hydrogen) atoms. The Hall–Kier alpha value is -1.96. The lowest BCUT2D eigenvalue weighted by Gasteiger charge is -2.05. The number of hydrogen-bond donors (Lipinski definition) is 0. The molecule has 0 bridgehead atoms. The molecule has 0 aliphatic heterocycles. The Morgan fingerprint density at radius 3 is 2.67 bits per heavy atom. The van der Waals surface area contributed by atoms with E-state index >= 15 is 0 Å². The topological polar surface area (TPSA) is 60.7 Å². The summed E-state index contributed by atoms with van der Waals surface area (Å²) in [5, 5.41) is 0. The first-order valence-corrected chi connectivity index (χ1v) is 10.6. The number of amides is 1. The molecular weight excluding hydrogens is 404 g/mol. The van der Waals surface area contributed by atoms with Crippen LogP contribution in [0.5, 0.6) is 0 Å². The van der Waals surface area contributed by atoms with Gasteiger partial charge in [-0.2, -0.15) is 4.99 Å². The fourth-order valence-corrected chi connectivity index (χ4v) is 4.84. The predicted octanol–water partition coefficient (Wildman–Crippen LogP) is 4.21. The van der Waals surface area contributed by atoms with E-state index in [2.05, 4.69) is 18.0 Å². The highest BCUT2D eigenvalue weighted by molar-refractivity contribution is 7.16. The Balaban J connectivity index is 2.00. The first-order valence-electron chi connectivity index (χ1n) is 8.59. The summed E-state index contributed by atoms with van der Waals surface area (Å²) >= 11 is 8.69. The highest BCUT2D eigenvalue weighted by atomic mass is 35.5. The van der Waals surface area contributed by atoms with Crippen LogP contribution in [0.3, 0.4) is 0 Å². The first kappa shape index (κ1) is 19.8. The van der Waals surface area contributed by atoms with Crippen LogP contribution < -0.4 is 4.80 Å². The normalized spacial score (nSPS) is 11.9. The van der Waals surface area contributed by atoms with Gasteiger partial charge in [0, 0.05) is 4.88 Å². The summed E-state index contributed by atoms with van der Waals surface area (Å²) in [6, 6.07) is 9.65. The number of fused-ring (bicyclic) bond motifs is 1. The minimum atomic E-state index is -0.351. The molecule has 142 valence electrons. The molecule has 3 rings (SSSR count). The third-order valence-corrected chi connectivity index (χ3v) is 6.19. The van der Waals surface area contributed by atoms with Gasteiger partial charge in [0.1, 0.15) is 6.54 Å². The largest absolute Gasteiger partial charge is 0.465 e. The molecule has 5 nitrogen and oxygen atoms in total. The Bertz CT molecular complexity index is 1050. The van der Waals surface area contributed by atoms with Gasteiger partial charge in [0.15, 0.2) is 4.80 Å².